The Morgan fingerprint density at radius 2 is 1.96 bits per heavy atom. The molecule has 0 saturated carbocycles. The van der Waals surface area contributed by atoms with E-state index in [1.54, 1.807) is 7.11 Å². The second-order valence-corrected chi connectivity index (χ2v) is 6.81. The number of guanidine groups is 1. The van der Waals surface area contributed by atoms with E-state index in [1.807, 2.05) is 12.1 Å². The Morgan fingerprint density at radius 1 is 1.19 bits per heavy atom. The van der Waals surface area contributed by atoms with Crippen LogP contribution in [-0.2, 0) is 27.4 Å². The minimum Gasteiger partial charge on any atom is -0.381 e. The maximum Gasteiger partial charge on any atom is 0.191 e. The summed E-state index contributed by atoms with van der Waals surface area (Å²) in [6.07, 6.45) is 3.22. The van der Waals surface area contributed by atoms with Crippen molar-refractivity contribution >= 4 is 5.96 Å². The predicted molar refractivity (Wildman–Crippen MR) is 109 cm³/mol. The minimum absolute atomic E-state index is 0.611. The summed E-state index contributed by atoms with van der Waals surface area (Å²) >= 11 is 0. The van der Waals surface area contributed by atoms with Crippen LogP contribution in [-0.4, -0.2) is 52.6 Å². The Balaban J connectivity index is 1.68. The number of nitrogens with one attached hydrogen (secondary N) is 2. The van der Waals surface area contributed by atoms with Crippen molar-refractivity contribution in [2.45, 2.75) is 39.3 Å². The minimum atomic E-state index is 0.611. The number of ether oxygens (including phenoxy) is 3. The van der Waals surface area contributed by atoms with Crippen LogP contribution in [0, 0.1) is 5.92 Å². The number of rotatable bonds is 11. The van der Waals surface area contributed by atoms with Gasteiger partial charge in [0.15, 0.2) is 5.96 Å². The smallest absolute Gasteiger partial charge is 0.191 e. The van der Waals surface area contributed by atoms with Crippen molar-refractivity contribution in [3.63, 3.8) is 0 Å². The molecule has 6 nitrogen and oxygen atoms in total. The maximum absolute atomic E-state index is 5.82. The molecule has 1 aliphatic heterocycles. The average molecular weight is 378 g/mol. The summed E-state index contributed by atoms with van der Waals surface area (Å²) in [7, 11) is 1.72. The third-order valence-electron chi connectivity index (χ3n) is 4.62. The zero-order chi connectivity index (χ0) is 19.2. The molecule has 0 atom stereocenters. The molecule has 27 heavy (non-hydrogen) atoms. The lowest BCUT2D eigenvalue weighted by Crippen LogP contribution is -2.38. The highest BCUT2D eigenvalue weighted by Gasteiger charge is 2.13. The second kappa shape index (κ2) is 13.5. The number of benzene rings is 1. The van der Waals surface area contributed by atoms with Gasteiger partial charge in [-0.1, -0.05) is 24.3 Å². The third kappa shape index (κ3) is 8.73. The van der Waals surface area contributed by atoms with Gasteiger partial charge in [-0.25, -0.2) is 4.99 Å². The Bertz CT molecular complexity index is 545. The normalized spacial score (nSPS) is 15.7. The van der Waals surface area contributed by atoms with Crippen molar-refractivity contribution in [3.8, 4) is 0 Å². The van der Waals surface area contributed by atoms with E-state index in [0.29, 0.717) is 19.1 Å². The van der Waals surface area contributed by atoms with Gasteiger partial charge in [-0.05, 0) is 43.2 Å². The molecule has 1 fully saturated rings. The highest BCUT2D eigenvalue weighted by Crippen LogP contribution is 2.14. The van der Waals surface area contributed by atoms with Crippen LogP contribution in [0.2, 0.25) is 0 Å². The molecule has 6 heteroatoms. The van der Waals surface area contributed by atoms with Crippen LogP contribution in [0.15, 0.2) is 29.3 Å². The third-order valence-corrected chi connectivity index (χ3v) is 4.62. The van der Waals surface area contributed by atoms with E-state index in [0.717, 1.165) is 64.7 Å². The van der Waals surface area contributed by atoms with E-state index in [1.165, 1.54) is 11.1 Å². The monoisotopic (exact) mass is 377 g/mol. The summed E-state index contributed by atoms with van der Waals surface area (Å²) in [5, 5.41) is 6.69. The predicted octanol–water partition coefficient (Wildman–Crippen LogP) is 2.72. The summed E-state index contributed by atoms with van der Waals surface area (Å²) in [6.45, 7) is 8.40. The van der Waals surface area contributed by atoms with Gasteiger partial charge in [0.2, 0.25) is 0 Å². The van der Waals surface area contributed by atoms with Gasteiger partial charge in [-0.2, -0.15) is 0 Å². The van der Waals surface area contributed by atoms with Crippen molar-refractivity contribution in [2.75, 3.05) is 46.6 Å². The molecule has 0 amide bonds. The molecule has 1 heterocycles. The first-order valence-electron chi connectivity index (χ1n) is 10.1. The lowest BCUT2D eigenvalue weighted by Gasteiger charge is -2.21. The van der Waals surface area contributed by atoms with Crippen LogP contribution < -0.4 is 10.6 Å². The van der Waals surface area contributed by atoms with Gasteiger partial charge >= 0.3 is 0 Å². The average Bonchev–Trinajstić information content (AvgIpc) is 2.70. The second-order valence-electron chi connectivity index (χ2n) is 6.81. The lowest BCUT2D eigenvalue weighted by molar-refractivity contribution is 0.0203. The highest BCUT2D eigenvalue weighted by molar-refractivity contribution is 5.79. The SMILES string of the molecule is CCNC(=NCc1ccccc1COC)NCCCOCC1CCOCC1. The van der Waals surface area contributed by atoms with Gasteiger partial charge in [0, 0.05) is 46.6 Å². The Morgan fingerprint density at radius 3 is 2.70 bits per heavy atom. The fourth-order valence-electron chi connectivity index (χ4n) is 3.06. The molecule has 0 spiro atoms. The molecule has 2 rings (SSSR count). The van der Waals surface area contributed by atoms with E-state index in [4.69, 9.17) is 19.2 Å². The molecule has 0 aromatic heterocycles. The van der Waals surface area contributed by atoms with Gasteiger partial charge in [-0.3, -0.25) is 0 Å². The topological polar surface area (TPSA) is 64.1 Å². The number of methoxy groups -OCH3 is 1. The van der Waals surface area contributed by atoms with Crippen molar-refractivity contribution < 1.29 is 14.2 Å². The fourth-order valence-corrected chi connectivity index (χ4v) is 3.06. The number of hydrogen-bond acceptors (Lipinski definition) is 4. The quantitative estimate of drug-likeness (QED) is 0.353. The molecule has 0 unspecified atom stereocenters. The van der Waals surface area contributed by atoms with Crippen LogP contribution in [0.3, 0.4) is 0 Å². The number of nitrogens with zero attached hydrogens (tertiary/aromatic N) is 1. The first-order valence-corrected chi connectivity index (χ1v) is 10.1. The summed E-state index contributed by atoms with van der Waals surface area (Å²) in [5.41, 5.74) is 2.37. The van der Waals surface area contributed by atoms with Crippen molar-refractivity contribution in [2.24, 2.45) is 10.9 Å². The molecule has 0 bridgehead atoms. The van der Waals surface area contributed by atoms with E-state index >= 15 is 0 Å². The maximum atomic E-state index is 5.82. The molecule has 1 aliphatic rings. The van der Waals surface area contributed by atoms with Crippen molar-refractivity contribution in [1.29, 1.82) is 0 Å². The zero-order valence-electron chi connectivity index (χ0n) is 16.8. The van der Waals surface area contributed by atoms with Gasteiger partial charge in [0.25, 0.3) is 0 Å². The molecule has 2 N–H and O–H groups in total. The molecule has 1 aromatic carbocycles. The van der Waals surface area contributed by atoms with Crippen molar-refractivity contribution in [1.82, 2.24) is 10.6 Å². The van der Waals surface area contributed by atoms with Crippen LogP contribution in [0.4, 0.5) is 0 Å². The molecular weight excluding hydrogens is 342 g/mol. The standard InChI is InChI=1S/C21H35N3O3/c1-3-22-21(24-15-19-7-4-5-8-20(19)17-25-2)23-11-6-12-27-16-18-9-13-26-14-10-18/h4-5,7-8,18H,3,6,9-17H2,1-2H3,(H2,22,23,24). The molecule has 1 saturated heterocycles. The summed E-state index contributed by atoms with van der Waals surface area (Å²) < 4.78 is 16.5. The molecular formula is C21H35N3O3. The van der Waals surface area contributed by atoms with E-state index in [-0.39, 0.29) is 0 Å². The lowest BCUT2D eigenvalue weighted by atomic mass is 10.0. The van der Waals surface area contributed by atoms with Crippen LogP contribution in [0.5, 0.6) is 0 Å². The number of hydrogen-bond donors (Lipinski definition) is 2. The van der Waals surface area contributed by atoms with E-state index in [2.05, 4.69) is 29.7 Å². The first-order chi connectivity index (χ1) is 13.3. The molecule has 0 aliphatic carbocycles. The summed E-state index contributed by atoms with van der Waals surface area (Å²) in [5.74, 6) is 1.51. The summed E-state index contributed by atoms with van der Waals surface area (Å²) in [4.78, 5) is 4.70. The molecule has 1 aromatic rings. The molecule has 0 radical (unpaired) electrons. The van der Waals surface area contributed by atoms with Crippen LogP contribution >= 0.6 is 0 Å². The molecule has 152 valence electrons. The summed E-state index contributed by atoms with van der Waals surface area (Å²) in [6, 6.07) is 8.27. The number of aliphatic imine (C=N–C) groups is 1. The Labute approximate surface area is 163 Å². The highest BCUT2D eigenvalue weighted by atomic mass is 16.5. The van der Waals surface area contributed by atoms with Crippen molar-refractivity contribution in [3.05, 3.63) is 35.4 Å². The van der Waals surface area contributed by atoms with Gasteiger partial charge in [-0.15, -0.1) is 0 Å². The fraction of sp³-hybridized carbons (Fsp3) is 0.667. The Kier molecular flexibility index (Phi) is 10.9. The largest absolute Gasteiger partial charge is 0.381 e. The van der Waals surface area contributed by atoms with Gasteiger partial charge in [0.05, 0.1) is 13.2 Å². The Hall–Kier alpha value is -1.63. The first kappa shape index (κ1) is 21.7. The van der Waals surface area contributed by atoms with Crippen LogP contribution in [0.25, 0.3) is 0 Å². The van der Waals surface area contributed by atoms with Crippen LogP contribution in [0.1, 0.15) is 37.3 Å². The van der Waals surface area contributed by atoms with Gasteiger partial charge < -0.3 is 24.8 Å². The van der Waals surface area contributed by atoms with E-state index < -0.39 is 0 Å². The zero-order valence-corrected chi connectivity index (χ0v) is 16.8. The van der Waals surface area contributed by atoms with Gasteiger partial charge in [0.1, 0.15) is 0 Å². The van der Waals surface area contributed by atoms with E-state index in [9.17, 15) is 0 Å².